The number of hydrogen-bond donors (Lipinski definition) is 2. The molecule has 0 spiro atoms. The SMILES string of the molecule is CC(C)(C)N(C(=O)O)C1CCCCN1C(=O)C(c1ccc(OC(F)(F)F)cc1)C1(O)CCC1. The lowest BCUT2D eigenvalue weighted by Gasteiger charge is -2.50. The summed E-state index contributed by atoms with van der Waals surface area (Å²) in [6.07, 6.45) is -3.26. The Morgan fingerprint density at radius 1 is 1.12 bits per heavy atom. The summed E-state index contributed by atoms with van der Waals surface area (Å²) >= 11 is 0. The fourth-order valence-corrected chi connectivity index (χ4v) is 4.84. The van der Waals surface area contributed by atoms with Crippen LogP contribution in [0.25, 0.3) is 0 Å². The Morgan fingerprint density at radius 3 is 2.18 bits per heavy atom. The number of piperidine rings is 1. The van der Waals surface area contributed by atoms with Crippen molar-refractivity contribution in [3.8, 4) is 5.75 Å². The highest BCUT2D eigenvalue weighted by Crippen LogP contribution is 2.45. The summed E-state index contributed by atoms with van der Waals surface area (Å²) in [5, 5.41) is 21.1. The minimum Gasteiger partial charge on any atom is -0.465 e. The number of aliphatic hydroxyl groups is 1. The van der Waals surface area contributed by atoms with Gasteiger partial charge in [-0.1, -0.05) is 12.1 Å². The molecule has 184 valence electrons. The lowest BCUT2D eigenvalue weighted by Crippen LogP contribution is -2.62. The summed E-state index contributed by atoms with van der Waals surface area (Å²) in [4.78, 5) is 28.7. The first-order chi connectivity index (χ1) is 15.2. The molecule has 3 rings (SSSR count). The highest BCUT2D eigenvalue weighted by Gasteiger charge is 2.50. The maximum atomic E-state index is 13.9. The van der Waals surface area contributed by atoms with Gasteiger partial charge in [-0.3, -0.25) is 9.69 Å². The largest absolute Gasteiger partial charge is 0.573 e. The molecule has 7 nitrogen and oxygen atoms in total. The molecule has 2 fully saturated rings. The van der Waals surface area contributed by atoms with E-state index in [0.717, 1.165) is 25.0 Å². The molecule has 0 aromatic heterocycles. The summed E-state index contributed by atoms with van der Waals surface area (Å²) < 4.78 is 41.5. The van der Waals surface area contributed by atoms with E-state index in [1.807, 2.05) is 0 Å². The second-order valence-electron chi connectivity index (χ2n) is 9.84. The molecule has 1 saturated carbocycles. The third-order valence-corrected chi connectivity index (χ3v) is 6.43. The second kappa shape index (κ2) is 9.04. The number of carboxylic acid groups (broad SMARTS) is 1. The average molecular weight is 473 g/mol. The molecule has 1 aliphatic carbocycles. The van der Waals surface area contributed by atoms with Crippen LogP contribution in [0.15, 0.2) is 24.3 Å². The summed E-state index contributed by atoms with van der Waals surface area (Å²) in [5.74, 6) is -1.84. The van der Waals surface area contributed by atoms with E-state index >= 15 is 0 Å². The molecular formula is C23H31F3N2O5. The number of alkyl halides is 3. The fourth-order valence-electron chi connectivity index (χ4n) is 4.84. The van der Waals surface area contributed by atoms with E-state index in [0.29, 0.717) is 37.8 Å². The monoisotopic (exact) mass is 472 g/mol. The van der Waals surface area contributed by atoms with E-state index in [1.165, 1.54) is 21.9 Å². The molecule has 1 aromatic rings. The van der Waals surface area contributed by atoms with Gasteiger partial charge in [-0.25, -0.2) is 4.79 Å². The number of halogens is 3. The van der Waals surface area contributed by atoms with Gasteiger partial charge in [0.05, 0.1) is 11.5 Å². The van der Waals surface area contributed by atoms with Crippen LogP contribution in [0.3, 0.4) is 0 Å². The molecule has 2 atom stereocenters. The molecule has 2 amide bonds. The van der Waals surface area contributed by atoms with Crippen LogP contribution in [0.2, 0.25) is 0 Å². The van der Waals surface area contributed by atoms with E-state index in [2.05, 4.69) is 4.74 Å². The van der Waals surface area contributed by atoms with Crippen LogP contribution in [0.5, 0.6) is 5.75 Å². The number of likely N-dealkylation sites (tertiary alicyclic amines) is 1. The van der Waals surface area contributed by atoms with Gasteiger partial charge < -0.3 is 19.8 Å². The molecule has 1 aromatic carbocycles. The van der Waals surface area contributed by atoms with Crippen molar-refractivity contribution in [3.63, 3.8) is 0 Å². The zero-order chi connectivity index (χ0) is 24.6. The molecule has 1 saturated heterocycles. The number of amides is 2. The normalized spacial score (nSPS) is 21.7. The number of benzene rings is 1. The maximum Gasteiger partial charge on any atom is 0.573 e. The number of hydrogen-bond acceptors (Lipinski definition) is 4. The van der Waals surface area contributed by atoms with Gasteiger partial charge in [0.25, 0.3) is 0 Å². The molecule has 10 heteroatoms. The zero-order valence-corrected chi connectivity index (χ0v) is 19.1. The van der Waals surface area contributed by atoms with Crippen molar-refractivity contribution in [1.29, 1.82) is 0 Å². The predicted molar refractivity (Wildman–Crippen MR) is 114 cm³/mol. The first-order valence-electron chi connectivity index (χ1n) is 11.1. The Kier molecular flexibility index (Phi) is 6.89. The van der Waals surface area contributed by atoms with Gasteiger partial charge in [-0.05, 0) is 77.0 Å². The standard InChI is InChI=1S/C23H31F3N2O5/c1-21(2,3)28(20(30)31)17-7-4-5-14-27(17)19(29)18(22(32)12-6-13-22)15-8-10-16(11-9-15)33-23(24,25)26/h8-11,17-18,32H,4-7,12-14H2,1-3H3,(H,30,31). The summed E-state index contributed by atoms with van der Waals surface area (Å²) in [5.41, 5.74) is -1.72. The predicted octanol–water partition coefficient (Wildman–Crippen LogP) is 4.70. The molecule has 2 N–H and O–H groups in total. The number of ether oxygens (including phenoxy) is 1. The lowest BCUT2D eigenvalue weighted by molar-refractivity contribution is -0.274. The smallest absolute Gasteiger partial charge is 0.465 e. The van der Waals surface area contributed by atoms with Gasteiger partial charge in [0.15, 0.2) is 0 Å². The van der Waals surface area contributed by atoms with Crippen LogP contribution in [0.1, 0.15) is 70.8 Å². The Labute approximate surface area is 191 Å². The Bertz CT molecular complexity index is 862. The Morgan fingerprint density at radius 2 is 1.73 bits per heavy atom. The van der Waals surface area contributed by atoms with Gasteiger partial charge in [0.1, 0.15) is 11.9 Å². The summed E-state index contributed by atoms with van der Waals surface area (Å²) in [6, 6.07) is 4.96. The molecule has 1 aliphatic heterocycles. The van der Waals surface area contributed by atoms with Crippen molar-refractivity contribution >= 4 is 12.0 Å². The van der Waals surface area contributed by atoms with Crippen LogP contribution in [-0.2, 0) is 4.79 Å². The molecule has 2 unspecified atom stereocenters. The van der Waals surface area contributed by atoms with Crippen molar-refractivity contribution in [3.05, 3.63) is 29.8 Å². The van der Waals surface area contributed by atoms with Crippen molar-refractivity contribution < 1.29 is 37.7 Å². The average Bonchev–Trinajstić information content (AvgIpc) is 2.66. The third kappa shape index (κ3) is 5.54. The molecule has 0 radical (unpaired) electrons. The van der Waals surface area contributed by atoms with Gasteiger partial charge in [-0.2, -0.15) is 0 Å². The molecule has 2 aliphatic rings. The number of nitrogens with zero attached hydrogens (tertiary/aromatic N) is 2. The highest BCUT2D eigenvalue weighted by molar-refractivity contribution is 5.86. The van der Waals surface area contributed by atoms with E-state index in [9.17, 15) is 33.0 Å². The minimum atomic E-state index is -4.84. The molecular weight excluding hydrogens is 441 g/mol. The molecule has 0 bridgehead atoms. The van der Waals surface area contributed by atoms with E-state index in [4.69, 9.17) is 0 Å². The van der Waals surface area contributed by atoms with Crippen LogP contribution in [-0.4, -0.2) is 62.2 Å². The maximum absolute atomic E-state index is 13.9. The van der Waals surface area contributed by atoms with E-state index in [1.54, 1.807) is 20.8 Å². The third-order valence-electron chi connectivity index (χ3n) is 6.43. The van der Waals surface area contributed by atoms with Crippen molar-refractivity contribution in [2.45, 2.75) is 88.9 Å². The number of carbonyl (C=O) groups excluding carboxylic acids is 1. The van der Waals surface area contributed by atoms with Crippen LogP contribution < -0.4 is 4.74 Å². The van der Waals surface area contributed by atoms with Crippen molar-refractivity contribution in [2.24, 2.45) is 0 Å². The number of carbonyl (C=O) groups is 2. The minimum absolute atomic E-state index is 0.339. The topological polar surface area (TPSA) is 90.3 Å². The quantitative estimate of drug-likeness (QED) is 0.648. The van der Waals surface area contributed by atoms with Crippen molar-refractivity contribution in [1.82, 2.24) is 9.80 Å². The van der Waals surface area contributed by atoms with Crippen LogP contribution in [0.4, 0.5) is 18.0 Å². The van der Waals surface area contributed by atoms with Gasteiger partial charge >= 0.3 is 12.5 Å². The van der Waals surface area contributed by atoms with Crippen molar-refractivity contribution in [2.75, 3.05) is 6.54 Å². The Hall–Kier alpha value is -2.49. The molecule has 33 heavy (non-hydrogen) atoms. The van der Waals surface area contributed by atoms with Gasteiger partial charge in [0.2, 0.25) is 5.91 Å². The highest BCUT2D eigenvalue weighted by atomic mass is 19.4. The number of rotatable bonds is 5. The lowest BCUT2D eigenvalue weighted by atomic mass is 9.68. The van der Waals surface area contributed by atoms with E-state index in [-0.39, 0.29) is 0 Å². The summed E-state index contributed by atoms with van der Waals surface area (Å²) in [7, 11) is 0. The Balaban J connectivity index is 1.95. The summed E-state index contributed by atoms with van der Waals surface area (Å²) in [6.45, 7) is 5.61. The van der Waals surface area contributed by atoms with Gasteiger partial charge in [0, 0.05) is 12.1 Å². The fraction of sp³-hybridized carbons (Fsp3) is 0.652. The zero-order valence-electron chi connectivity index (χ0n) is 19.1. The van der Waals surface area contributed by atoms with Crippen LogP contribution in [0, 0.1) is 0 Å². The van der Waals surface area contributed by atoms with Crippen LogP contribution >= 0.6 is 0 Å². The second-order valence-corrected chi connectivity index (χ2v) is 9.84. The first kappa shape index (κ1) is 25.1. The molecule has 1 heterocycles. The van der Waals surface area contributed by atoms with E-state index < -0.39 is 47.3 Å². The van der Waals surface area contributed by atoms with Gasteiger partial charge in [-0.15, -0.1) is 13.2 Å². The first-order valence-corrected chi connectivity index (χ1v) is 11.1.